The Morgan fingerprint density at radius 3 is 2.67 bits per heavy atom. The maximum absolute atomic E-state index is 13.2. The molecule has 1 atom stereocenters. The molecule has 0 aliphatic carbocycles. The third kappa shape index (κ3) is 4.81. The molecule has 2 N–H and O–H groups in total. The van der Waals surface area contributed by atoms with Gasteiger partial charge in [-0.3, -0.25) is 9.59 Å². The zero-order valence-corrected chi connectivity index (χ0v) is 19.4. The maximum Gasteiger partial charge on any atom is 0.265 e. The number of anilines is 2. The monoisotopic (exact) mass is 473 g/mol. The van der Waals surface area contributed by atoms with E-state index in [4.69, 9.17) is 9.47 Å². The van der Waals surface area contributed by atoms with E-state index in [0.29, 0.717) is 42.1 Å². The SMILES string of the molecule is CCC1Oc2ccc(S(=O)(=O)N3CCC(C(=O)Nc4cccc(OC)c4)CC3)cc2NC1=O. The number of benzene rings is 2. The van der Waals surface area contributed by atoms with Crippen LogP contribution in [0.15, 0.2) is 47.4 Å². The highest BCUT2D eigenvalue weighted by molar-refractivity contribution is 7.89. The topological polar surface area (TPSA) is 114 Å². The number of carbonyl (C=O) groups excluding carboxylic acids is 2. The minimum absolute atomic E-state index is 0.0828. The fourth-order valence-electron chi connectivity index (χ4n) is 4.01. The summed E-state index contributed by atoms with van der Waals surface area (Å²) in [6.45, 7) is 2.31. The first kappa shape index (κ1) is 23.1. The van der Waals surface area contributed by atoms with Crippen LogP contribution in [0.1, 0.15) is 26.2 Å². The lowest BCUT2D eigenvalue weighted by molar-refractivity contribution is -0.123. The molecule has 2 aliphatic rings. The van der Waals surface area contributed by atoms with Crippen molar-refractivity contribution in [2.75, 3.05) is 30.8 Å². The van der Waals surface area contributed by atoms with Crippen molar-refractivity contribution in [1.29, 1.82) is 0 Å². The van der Waals surface area contributed by atoms with Gasteiger partial charge in [-0.15, -0.1) is 0 Å². The molecule has 0 spiro atoms. The third-order valence-corrected chi connectivity index (χ3v) is 7.84. The van der Waals surface area contributed by atoms with Crippen molar-refractivity contribution in [1.82, 2.24) is 4.31 Å². The largest absolute Gasteiger partial charge is 0.497 e. The van der Waals surface area contributed by atoms with Gasteiger partial charge in [0, 0.05) is 30.8 Å². The molecule has 2 amide bonds. The molecule has 2 aliphatic heterocycles. The quantitative estimate of drug-likeness (QED) is 0.667. The van der Waals surface area contributed by atoms with Gasteiger partial charge in [0.25, 0.3) is 5.91 Å². The van der Waals surface area contributed by atoms with Crippen LogP contribution in [-0.2, 0) is 19.6 Å². The number of hydrogen-bond acceptors (Lipinski definition) is 6. The van der Waals surface area contributed by atoms with Crippen LogP contribution < -0.4 is 20.1 Å². The minimum atomic E-state index is -3.77. The van der Waals surface area contributed by atoms with Crippen LogP contribution in [0.3, 0.4) is 0 Å². The van der Waals surface area contributed by atoms with Gasteiger partial charge in [-0.2, -0.15) is 4.31 Å². The van der Waals surface area contributed by atoms with Crippen molar-refractivity contribution < 1.29 is 27.5 Å². The lowest BCUT2D eigenvalue weighted by atomic mass is 9.97. The maximum atomic E-state index is 13.2. The molecule has 9 nitrogen and oxygen atoms in total. The van der Waals surface area contributed by atoms with Gasteiger partial charge in [-0.05, 0) is 49.6 Å². The summed E-state index contributed by atoms with van der Waals surface area (Å²) in [6, 6.07) is 11.6. The van der Waals surface area contributed by atoms with Crippen LogP contribution >= 0.6 is 0 Å². The number of ether oxygens (including phenoxy) is 2. The summed E-state index contributed by atoms with van der Waals surface area (Å²) in [7, 11) is -2.21. The number of piperidine rings is 1. The predicted octanol–water partition coefficient (Wildman–Crippen LogP) is 2.84. The number of sulfonamides is 1. The first-order chi connectivity index (χ1) is 15.8. The van der Waals surface area contributed by atoms with Crippen molar-refractivity contribution in [2.45, 2.75) is 37.2 Å². The first-order valence-electron chi connectivity index (χ1n) is 10.9. The zero-order chi connectivity index (χ0) is 23.6. The zero-order valence-electron chi connectivity index (χ0n) is 18.5. The predicted molar refractivity (Wildman–Crippen MR) is 123 cm³/mol. The summed E-state index contributed by atoms with van der Waals surface area (Å²) in [4.78, 5) is 24.8. The number of rotatable bonds is 6. The van der Waals surface area contributed by atoms with Crippen LogP contribution in [-0.4, -0.2) is 50.8 Å². The number of nitrogens with one attached hydrogen (secondary N) is 2. The molecule has 33 heavy (non-hydrogen) atoms. The molecule has 2 aromatic rings. The van der Waals surface area contributed by atoms with Gasteiger partial charge >= 0.3 is 0 Å². The number of fused-ring (bicyclic) bond motifs is 1. The number of nitrogens with zero attached hydrogens (tertiary/aromatic N) is 1. The molecule has 2 heterocycles. The van der Waals surface area contributed by atoms with Crippen molar-refractivity contribution >= 4 is 33.2 Å². The Balaban J connectivity index is 1.40. The summed E-state index contributed by atoms with van der Waals surface area (Å²) in [5.74, 6) is 0.380. The second-order valence-electron chi connectivity index (χ2n) is 8.06. The molecule has 0 saturated carbocycles. The van der Waals surface area contributed by atoms with Crippen molar-refractivity contribution in [3.05, 3.63) is 42.5 Å². The molecule has 1 fully saturated rings. The molecule has 176 valence electrons. The molecule has 0 radical (unpaired) electrons. The van der Waals surface area contributed by atoms with Gasteiger partial charge in [-0.25, -0.2) is 8.42 Å². The van der Waals surface area contributed by atoms with Gasteiger partial charge in [0.15, 0.2) is 6.10 Å². The third-order valence-electron chi connectivity index (χ3n) is 5.94. The molecular formula is C23H27N3O6S. The van der Waals surface area contributed by atoms with Gasteiger partial charge in [-0.1, -0.05) is 13.0 Å². The van der Waals surface area contributed by atoms with Gasteiger partial charge in [0.2, 0.25) is 15.9 Å². The average molecular weight is 474 g/mol. The van der Waals surface area contributed by atoms with Gasteiger partial charge in [0.05, 0.1) is 17.7 Å². The Bertz CT molecular complexity index is 1160. The molecule has 1 unspecified atom stereocenters. The van der Waals surface area contributed by atoms with Crippen molar-refractivity contribution in [3.8, 4) is 11.5 Å². The van der Waals surface area contributed by atoms with E-state index in [9.17, 15) is 18.0 Å². The van der Waals surface area contributed by atoms with Gasteiger partial charge in [0.1, 0.15) is 11.5 Å². The number of carbonyl (C=O) groups is 2. The smallest absolute Gasteiger partial charge is 0.265 e. The summed E-state index contributed by atoms with van der Waals surface area (Å²) in [6.07, 6.45) is 0.767. The second-order valence-corrected chi connectivity index (χ2v) is 10.00. The molecule has 0 aromatic heterocycles. The minimum Gasteiger partial charge on any atom is -0.497 e. The fourth-order valence-corrected chi connectivity index (χ4v) is 5.51. The summed E-state index contributed by atoms with van der Waals surface area (Å²) < 4.78 is 38.5. The molecule has 1 saturated heterocycles. The lowest BCUT2D eigenvalue weighted by Crippen LogP contribution is -2.41. The number of methoxy groups -OCH3 is 1. The standard InChI is InChI=1S/C23H27N3O6S/c1-3-20-23(28)25-19-14-18(7-8-21(19)32-20)33(29,30)26-11-9-15(10-12-26)22(27)24-16-5-4-6-17(13-16)31-2/h4-8,13-15,20H,3,9-12H2,1-2H3,(H,24,27)(H,25,28). The average Bonchev–Trinajstić information content (AvgIpc) is 2.83. The van der Waals surface area contributed by atoms with E-state index in [0.717, 1.165) is 0 Å². The fraction of sp³-hybridized carbons (Fsp3) is 0.391. The molecule has 0 bridgehead atoms. The first-order valence-corrected chi connectivity index (χ1v) is 12.3. The number of hydrogen-bond donors (Lipinski definition) is 2. The Morgan fingerprint density at radius 2 is 1.97 bits per heavy atom. The highest BCUT2D eigenvalue weighted by atomic mass is 32.2. The van der Waals surface area contributed by atoms with Crippen LogP contribution in [0.25, 0.3) is 0 Å². The highest BCUT2D eigenvalue weighted by Gasteiger charge is 2.34. The summed E-state index contributed by atoms with van der Waals surface area (Å²) in [5, 5.41) is 5.60. The normalized spacial score (nSPS) is 19.2. The van der Waals surface area contributed by atoms with E-state index < -0.39 is 16.1 Å². The van der Waals surface area contributed by atoms with Crippen LogP contribution in [0.2, 0.25) is 0 Å². The second kappa shape index (κ2) is 9.40. The van der Waals surface area contributed by atoms with E-state index in [2.05, 4.69) is 10.6 Å². The summed E-state index contributed by atoms with van der Waals surface area (Å²) >= 11 is 0. The van der Waals surface area contributed by atoms with Crippen molar-refractivity contribution in [3.63, 3.8) is 0 Å². The number of amides is 2. The van der Waals surface area contributed by atoms with E-state index in [-0.39, 0.29) is 35.7 Å². The van der Waals surface area contributed by atoms with E-state index in [1.165, 1.54) is 16.4 Å². The molecular weight excluding hydrogens is 446 g/mol. The van der Waals surface area contributed by atoms with Crippen LogP contribution in [0.4, 0.5) is 11.4 Å². The van der Waals surface area contributed by atoms with Crippen molar-refractivity contribution in [2.24, 2.45) is 5.92 Å². The Labute approximate surface area is 193 Å². The molecule has 10 heteroatoms. The van der Waals surface area contributed by atoms with Crippen LogP contribution in [0.5, 0.6) is 11.5 Å². The van der Waals surface area contributed by atoms with E-state index in [1.807, 2.05) is 6.92 Å². The molecule has 4 rings (SSSR count). The van der Waals surface area contributed by atoms with E-state index >= 15 is 0 Å². The van der Waals surface area contributed by atoms with Gasteiger partial charge < -0.3 is 20.1 Å². The highest BCUT2D eigenvalue weighted by Crippen LogP contribution is 2.34. The Kier molecular flexibility index (Phi) is 6.57. The van der Waals surface area contributed by atoms with Crippen LogP contribution in [0, 0.1) is 5.92 Å². The summed E-state index contributed by atoms with van der Waals surface area (Å²) in [5.41, 5.74) is 0.983. The Morgan fingerprint density at radius 1 is 1.21 bits per heavy atom. The van der Waals surface area contributed by atoms with E-state index in [1.54, 1.807) is 37.4 Å². The molecule has 2 aromatic carbocycles. The Hall–Kier alpha value is -3.11. The lowest BCUT2D eigenvalue weighted by Gasteiger charge is -2.31.